The van der Waals surface area contributed by atoms with Gasteiger partial charge < -0.3 is 15.0 Å². The van der Waals surface area contributed by atoms with Gasteiger partial charge in [0.2, 0.25) is 5.91 Å². The van der Waals surface area contributed by atoms with Gasteiger partial charge in [-0.25, -0.2) is 0 Å². The number of nitrogens with zero attached hydrogens (tertiary/aromatic N) is 1. The molecule has 0 unspecified atom stereocenters. The number of methoxy groups -OCH3 is 1. The van der Waals surface area contributed by atoms with E-state index in [2.05, 4.69) is 5.32 Å². The van der Waals surface area contributed by atoms with E-state index in [9.17, 15) is 9.59 Å². The van der Waals surface area contributed by atoms with Crippen LogP contribution in [-0.4, -0.2) is 32.0 Å². The van der Waals surface area contributed by atoms with Crippen molar-refractivity contribution >= 4 is 29.1 Å². The highest BCUT2D eigenvalue weighted by Gasteiger charge is 2.18. The number of anilines is 1. The first-order valence-corrected chi connectivity index (χ1v) is 9.10. The Bertz CT molecular complexity index is 865. The summed E-state index contributed by atoms with van der Waals surface area (Å²) >= 11 is 6.15. The van der Waals surface area contributed by atoms with Gasteiger partial charge >= 0.3 is 0 Å². The highest BCUT2D eigenvalue weighted by molar-refractivity contribution is 6.31. The van der Waals surface area contributed by atoms with Gasteiger partial charge in [0.05, 0.1) is 12.8 Å². The summed E-state index contributed by atoms with van der Waals surface area (Å²) in [4.78, 5) is 26.1. The van der Waals surface area contributed by atoms with Crippen LogP contribution in [0.25, 0.3) is 0 Å². The summed E-state index contributed by atoms with van der Waals surface area (Å²) in [7, 11) is 1.53. The van der Waals surface area contributed by atoms with Gasteiger partial charge in [0.15, 0.2) is 0 Å². The third kappa shape index (κ3) is 5.01. The summed E-state index contributed by atoms with van der Waals surface area (Å²) in [5.74, 6) is 0.206. The molecule has 0 fully saturated rings. The Morgan fingerprint density at radius 3 is 2.37 bits per heavy atom. The Morgan fingerprint density at radius 2 is 1.78 bits per heavy atom. The molecule has 0 radical (unpaired) electrons. The Kier molecular flexibility index (Phi) is 6.86. The SMILES string of the molecule is COc1cc(Cl)c(C)cc1N(CCNC(=O)c1ccc(C)c(C)c1)C(C)=O. The van der Waals surface area contributed by atoms with Crippen LogP contribution < -0.4 is 15.0 Å². The number of hydrogen-bond donors (Lipinski definition) is 1. The van der Waals surface area contributed by atoms with Crippen molar-refractivity contribution in [3.63, 3.8) is 0 Å². The van der Waals surface area contributed by atoms with Gasteiger partial charge in [-0.1, -0.05) is 17.7 Å². The van der Waals surface area contributed by atoms with Gasteiger partial charge in [-0.2, -0.15) is 0 Å². The Morgan fingerprint density at radius 1 is 1.07 bits per heavy atom. The van der Waals surface area contributed by atoms with Gasteiger partial charge in [-0.3, -0.25) is 9.59 Å². The molecule has 0 bridgehead atoms. The van der Waals surface area contributed by atoms with Gasteiger partial charge in [0, 0.05) is 36.7 Å². The van der Waals surface area contributed by atoms with Crippen LogP contribution >= 0.6 is 11.6 Å². The molecule has 5 nitrogen and oxygen atoms in total. The zero-order valence-corrected chi connectivity index (χ0v) is 17.1. The number of carbonyl (C=O) groups excluding carboxylic acids is 2. The second-order valence-corrected chi connectivity index (χ2v) is 6.91. The second-order valence-electron chi connectivity index (χ2n) is 6.50. The van der Waals surface area contributed by atoms with Crippen molar-refractivity contribution in [3.05, 3.63) is 57.6 Å². The van der Waals surface area contributed by atoms with Gasteiger partial charge in [0.1, 0.15) is 5.75 Å². The molecule has 0 aliphatic carbocycles. The number of rotatable bonds is 6. The molecule has 2 aromatic carbocycles. The largest absolute Gasteiger partial charge is 0.495 e. The lowest BCUT2D eigenvalue weighted by Gasteiger charge is -2.24. The molecular formula is C21H25ClN2O3. The van der Waals surface area contributed by atoms with E-state index < -0.39 is 0 Å². The van der Waals surface area contributed by atoms with Crippen LogP contribution in [-0.2, 0) is 4.79 Å². The summed E-state index contributed by atoms with van der Waals surface area (Å²) in [6.45, 7) is 7.96. The van der Waals surface area contributed by atoms with E-state index in [1.54, 1.807) is 17.0 Å². The van der Waals surface area contributed by atoms with E-state index in [4.69, 9.17) is 16.3 Å². The molecule has 2 rings (SSSR count). The number of aryl methyl sites for hydroxylation is 3. The summed E-state index contributed by atoms with van der Waals surface area (Å²) < 4.78 is 5.37. The second kappa shape index (κ2) is 8.91. The molecule has 0 aliphatic heterocycles. The first kappa shape index (κ1) is 20.8. The summed E-state index contributed by atoms with van der Waals surface area (Å²) in [6, 6.07) is 9.09. The average molecular weight is 389 g/mol. The van der Waals surface area contributed by atoms with Crippen molar-refractivity contribution in [2.24, 2.45) is 0 Å². The van der Waals surface area contributed by atoms with Crippen LogP contribution in [0.4, 0.5) is 5.69 Å². The molecule has 0 saturated carbocycles. The molecule has 1 N–H and O–H groups in total. The molecule has 2 aromatic rings. The minimum atomic E-state index is -0.166. The van der Waals surface area contributed by atoms with Crippen molar-refractivity contribution in [2.75, 3.05) is 25.1 Å². The number of halogens is 1. The number of nitrogens with one attached hydrogen (secondary N) is 1. The number of ether oxygens (including phenoxy) is 1. The summed E-state index contributed by atoms with van der Waals surface area (Å²) in [5, 5.41) is 3.44. The van der Waals surface area contributed by atoms with Gasteiger partial charge in [0.25, 0.3) is 5.91 Å². The van der Waals surface area contributed by atoms with Crippen molar-refractivity contribution < 1.29 is 14.3 Å². The molecule has 6 heteroatoms. The first-order chi connectivity index (χ1) is 12.7. The predicted octanol–water partition coefficient (Wildman–Crippen LogP) is 4.06. The zero-order valence-electron chi connectivity index (χ0n) is 16.4. The third-order valence-electron chi connectivity index (χ3n) is 4.52. The molecule has 0 atom stereocenters. The van der Waals surface area contributed by atoms with E-state index in [0.29, 0.717) is 35.1 Å². The molecule has 0 saturated heterocycles. The summed E-state index contributed by atoms with van der Waals surface area (Å²) in [6.07, 6.45) is 0. The molecule has 2 amide bonds. The van der Waals surface area contributed by atoms with Crippen molar-refractivity contribution in [2.45, 2.75) is 27.7 Å². The predicted molar refractivity (Wildman–Crippen MR) is 109 cm³/mol. The minimum absolute atomic E-state index is 0.143. The first-order valence-electron chi connectivity index (χ1n) is 8.72. The number of amides is 2. The topological polar surface area (TPSA) is 58.6 Å². The maximum Gasteiger partial charge on any atom is 0.251 e. The molecule has 0 aromatic heterocycles. The molecule has 0 spiro atoms. The lowest BCUT2D eigenvalue weighted by molar-refractivity contribution is -0.116. The van der Waals surface area contributed by atoms with Gasteiger partial charge in [-0.05, 0) is 55.7 Å². The Labute approximate surface area is 165 Å². The van der Waals surface area contributed by atoms with E-state index in [0.717, 1.165) is 16.7 Å². The number of benzene rings is 2. The maximum atomic E-state index is 12.4. The molecule has 27 heavy (non-hydrogen) atoms. The normalized spacial score (nSPS) is 10.4. The van der Waals surface area contributed by atoms with E-state index in [-0.39, 0.29) is 11.8 Å². The van der Waals surface area contributed by atoms with Crippen LogP contribution in [0.1, 0.15) is 34.0 Å². The summed E-state index contributed by atoms with van der Waals surface area (Å²) in [5.41, 5.74) is 4.28. The van der Waals surface area contributed by atoms with Crippen LogP contribution in [0.2, 0.25) is 5.02 Å². The van der Waals surface area contributed by atoms with Crippen LogP contribution in [0.3, 0.4) is 0 Å². The van der Waals surface area contributed by atoms with E-state index in [1.165, 1.54) is 14.0 Å². The lowest BCUT2D eigenvalue weighted by Crippen LogP contribution is -2.37. The quantitative estimate of drug-likeness (QED) is 0.811. The van der Waals surface area contributed by atoms with Crippen molar-refractivity contribution in [1.82, 2.24) is 5.32 Å². The average Bonchev–Trinajstić information content (AvgIpc) is 2.62. The maximum absolute atomic E-state index is 12.4. The monoisotopic (exact) mass is 388 g/mol. The molecule has 144 valence electrons. The Hall–Kier alpha value is -2.53. The van der Waals surface area contributed by atoms with Crippen LogP contribution in [0, 0.1) is 20.8 Å². The lowest BCUT2D eigenvalue weighted by atomic mass is 10.1. The fourth-order valence-electron chi connectivity index (χ4n) is 2.74. The number of hydrogen-bond acceptors (Lipinski definition) is 3. The highest BCUT2D eigenvalue weighted by Crippen LogP contribution is 2.33. The number of carbonyl (C=O) groups is 2. The van der Waals surface area contributed by atoms with E-state index in [1.807, 2.05) is 39.0 Å². The Balaban J connectivity index is 2.11. The highest BCUT2D eigenvalue weighted by atomic mass is 35.5. The molecular weight excluding hydrogens is 364 g/mol. The van der Waals surface area contributed by atoms with Crippen molar-refractivity contribution in [3.8, 4) is 5.75 Å². The van der Waals surface area contributed by atoms with E-state index >= 15 is 0 Å². The van der Waals surface area contributed by atoms with Crippen LogP contribution in [0.15, 0.2) is 30.3 Å². The fraction of sp³-hybridized carbons (Fsp3) is 0.333. The fourth-order valence-corrected chi connectivity index (χ4v) is 2.89. The smallest absolute Gasteiger partial charge is 0.251 e. The van der Waals surface area contributed by atoms with Crippen molar-refractivity contribution in [1.29, 1.82) is 0 Å². The minimum Gasteiger partial charge on any atom is -0.495 e. The third-order valence-corrected chi connectivity index (χ3v) is 4.93. The molecule has 0 aliphatic rings. The van der Waals surface area contributed by atoms with Gasteiger partial charge in [-0.15, -0.1) is 0 Å². The molecule has 0 heterocycles. The van der Waals surface area contributed by atoms with Crippen LogP contribution in [0.5, 0.6) is 5.75 Å². The standard InChI is InChI=1S/C21H25ClN2O3/c1-13-6-7-17(10-14(13)2)21(26)23-8-9-24(16(4)25)19-11-15(3)18(22)12-20(19)27-5/h6-7,10-12H,8-9H2,1-5H3,(H,23,26). The zero-order chi connectivity index (χ0) is 20.1.